The zero-order chi connectivity index (χ0) is 23.5. The fraction of sp³-hybridized carbons (Fsp3) is 0.269. The Kier molecular flexibility index (Phi) is 6.31. The van der Waals surface area contributed by atoms with E-state index < -0.39 is 0 Å². The molecule has 1 heterocycles. The molecular formula is C26H27N3O4. The fourth-order valence-corrected chi connectivity index (χ4v) is 4.24. The third kappa shape index (κ3) is 4.67. The zero-order valence-corrected chi connectivity index (χ0v) is 19.2. The molecule has 4 rings (SSSR count). The summed E-state index contributed by atoms with van der Waals surface area (Å²) in [7, 11) is 1.52. The van der Waals surface area contributed by atoms with Gasteiger partial charge in [-0.2, -0.15) is 5.10 Å². The van der Waals surface area contributed by atoms with Gasteiger partial charge in [0.15, 0.2) is 5.76 Å². The molecule has 33 heavy (non-hydrogen) atoms. The smallest absolute Gasteiger partial charge is 0.291 e. The van der Waals surface area contributed by atoms with Gasteiger partial charge >= 0.3 is 0 Å². The SMILES string of the molecule is COc1ccccc1C(=O)N/N=C1\CCCc2oc(C(=O)Nc3cc(C)cc(C)c3)c(C)c21. The molecule has 7 nitrogen and oxygen atoms in total. The van der Waals surface area contributed by atoms with E-state index in [1.807, 2.05) is 32.9 Å². The number of carbonyl (C=O) groups excluding carboxylic acids is 2. The average Bonchev–Trinajstić information content (AvgIpc) is 3.14. The molecule has 2 amide bonds. The van der Waals surface area contributed by atoms with Crippen LogP contribution in [0.3, 0.4) is 0 Å². The molecule has 0 saturated carbocycles. The molecule has 0 radical (unpaired) electrons. The highest BCUT2D eigenvalue weighted by Gasteiger charge is 2.28. The Hall–Kier alpha value is -3.87. The van der Waals surface area contributed by atoms with E-state index in [2.05, 4.69) is 21.9 Å². The monoisotopic (exact) mass is 445 g/mol. The van der Waals surface area contributed by atoms with Crippen molar-refractivity contribution in [3.63, 3.8) is 0 Å². The molecule has 170 valence electrons. The second-order valence-corrected chi connectivity index (χ2v) is 8.24. The van der Waals surface area contributed by atoms with Gasteiger partial charge in [0.25, 0.3) is 11.8 Å². The van der Waals surface area contributed by atoms with Crippen LogP contribution in [0.25, 0.3) is 0 Å². The number of carbonyl (C=O) groups is 2. The first-order chi connectivity index (χ1) is 15.9. The predicted molar refractivity (Wildman–Crippen MR) is 127 cm³/mol. The van der Waals surface area contributed by atoms with Gasteiger partial charge in [0.2, 0.25) is 0 Å². The van der Waals surface area contributed by atoms with Crippen LogP contribution in [-0.2, 0) is 6.42 Å². The van der Waals surface area contributed by atoms with E-state index in [1.165, 1.54) is 7.11 Å². The Bertz CT molecular complexity index is 1240. The van der Waals surface area contributed by atoms with Crippen molar-refractivity contribution >= 4 is 23.2 Å². The number of nitrogens with one attached hydrogen (secondary N) is 2. The first kappa shape index (κ1) is 22.3. The van der Waals surface area contributed by atoms with Gasteiger partial charge in [0.1, 0.15) is 11.5 Å². The molecule has 0 atom stereocenters. The zero-order valence-electron chi connectivity index (χ0n) is 19.2. The predicted octanol–water partition coefficient (Wildman–Crippen LogP) is 4.94. The van der Waals surface area contributed by atoms with Crippen molar-refractivity contribution in [1.82, 2.24) is 5.43 Å². The minimum atomic E-state index is -0.360. The summed E-state index contributed by atoms with van der Waals surface area (Å²) in [5, 5.41) is 7.32. The lowest BCUT2D eigenvalue weighted by molar-refractivity contribution is 0.0950. The standard InChI is InChI=1S/C26H27N3O4/c1-15-12-16(2)14-18(13-15)27-26(31)24-17(3)23-20(9-7-11-22(23)33-24)28-29-25(30)19-8-5-6-10-21(19)32-4/h5-6,8,10,12-14H,7,9,11H2,1-4H3,(H,27,31)(H,29,30)/b28-20+. The van der Waals surface area contributed by atoms with Gasteiger partial charge in [0, 0.05) is 23.2 Å². The summed E-state index contributed by atoms with van der Waals surface area (Å²) >= 11 is 0. The van der Waals surface area contributed by atoms with E-state index in [1.54, 1.807) is 24.3 Å². The quantitative estimate of drug-likeness (QED) is 0.544. The number of methoxy groups -OCH3 is 1. The molecule has 2 aromatic carbocycles. The number of anilines is 1. The van der Waals surface area contributed by atoms with Crippen molar-refractivity contribution in [2.24, 2.45) is 5.10 Å². The highest BCUT2D eigenvalue weighted by Crippen LogP contribution is 2.30. The highest BCUT2D eigenvalue weighted by molar-refractivity contribution is 6.09. The number of benzene rings is 2. The molecule has 3 aromatic rings. The summed E-state index contributed by atoms with van der Waals surface area (Å²) in [5.74, 6) is 0.800. The lowest BCUT2D eigenvalue weighted by atomic mass is 9.93. The second-order valence-electron chi connectivity index (χ2n) is 8.24. The Labute approximate surface area is 192 Å². The van der Waals surface area contributed by atoms with Gasteiger partial charge in [-0.3, -0.25) is 9.59 Å². The summed E-state index contributed by atoms with van der Waals surface area (Å²) in [6.07, 6.45) is 2.21. The summed E-state index contributed by atoms with van der Waals surface area (Å²) in [5.41, 5.74) is 8.11. The van der Waals surface area contributed by atoms with Gasteiger partial charge in [0.05, 0.1) is 18.4 Å². The molecule has 0 saturated heterocycles. The maximum absolute atomic E-state index is 13.0. The molecule has 0 unspecified atom stereocenters. The Balaban J connectivity index is 1.58. The second kappa shape index (κ2) is 9.32. The van der Waals surface area contributed by atoms with Crippen LogP contribution in [0.5, 0.6) is 5.75 Å². The molecule has 1 aromatic heterocycles. The van der Waals surface area contributed by atoms with Crippen LogP contribution < -0.4 is 15.5 Å². The van der Waals surface area contributed by atoms with Crippen LogP contribution in [0, 0.1) is 20.8 Å². The topological polar surface area (TPSA) is 92.9 Å². The number of aryl methyl sites for hydroxylation is 3. The molecule has 0 aliphatic heterocycles. The Morgan fingerprint density at radius 2 is 1.73 bits per heavy atom. The minimum absolute atomic E-state index is 0.268. The van der Waals surface area contributed by atoms with Crippen LogP contribution in [0.15, 0.2) is 52.0 Å². The fourth-order valence-electron chi connectivity index (χ4n) is 4.24. The molecule has 1 aliphatic carbocycles. The molecule has 0 bridgehead atoms. The van der Waals surface area contributed by atoms with Crippen LogP contribution in [0.1, 0.15) is 61.8 Å². The maximum atomic E-state index is 13.0. The number of fused-ring (bicyclic) bond motifs is 1. The van der Waals surface area contributed by atoms with Crippen molar-refractivity contribution in [2.75, 3.05) is 12.4 Å². The first-order valence-corrected chi connectivity index (χ1v) is 10.9. The average molecular weight is 446 g/mol. The van der Waals surface area contributed by atoms with Gasteiger partial charge < -0.3 is 14.5 Å². The number of hydrogen-bond acceptors (Lipinski definition) is 5. The number of para-hydroxylation sites is 1. The number of nitrogens with zero attached hydrogens (tertiary/aromatic N) is 1. The largest absolute Gasteiger partial charge is 0.496 e. The van der Waals surface area contributed by atoms with Crippen molar-refractivity contribution in [3.05, 3.63) is 81.8 Å². The molecule has 7 heteroatoms. The summed E-state index contributed by atoms with van der Waals surface area (Å²) < 4.78 is 11.2. The van der Waals surface area contributed by atoms with E-state index in [9.17, 15) is 9.59 Å². The first-order valence-electron chi connectivity index (χ1n) is 10.9. The maximum Gasteiger partial charge on any atom is 0.291 e. The van der Waals surface area contributed by atoms with Gasteiger partial charge in [-0.05, 0) is 69.0 Å². The number of furan rings is 1. The molecular weight excluding hydrogens is 418 g/mol. The third-order valence-corrected chi connectivity index (χ3v) is 5.66. The summed E-state index contributed by atoms with van der Waals surface area (Å²) in [6.45, 7) is 5.82. The van der Waals surface area contributed by atoms with Crippen molar-refractivity contribution in [1.29, 1.82) is 0 Å². The number of hydrazone groups is 1. The van der Waals surface area contributed by atoms with Crippen LogP contribution in [-0.4, -0.2) is 24.6 Å². The third-order valence-electron chi connectivity index (χ3n) is 5.66. The van der Waals surface area contributed by atoms with E-state index in [4.69, 9.17) is 9.15 Å². The Morgan fingerprint density at radius 3 is 2.45 bits per heavy atom. The van der Waals surface area contributed by atoms with Crippen LogP contribution in [0.4, 0.5) is 5.69 Å². The lowest BCUT2D eigenvalue weighted by Gasteiger charge is -2.14. The van der Waals surface area contributed by atoms with Crippen LogP contribution in [0.2, 0.25) is 0 Å². The molecule has 0 fully saturated rings. The summed E-state index contributed by atoms with van der Waals surface area (Å²) in [6, 6.07) is 12.9. The normalized spacial score (nSPS) is 14.0. The number of amides is 2. The number of hydrogen-bond donors (Lipinski definition) is 2. The van der Waals surface area contributed by atoms with E-state index in [-0.39, 0.29) is 17.6 Å². The van der Waals surface area contributed by atoms with Gasteiger partial charge in [-0.25, -0.2) is 5.43 Å². The Morgan fingerprint density at radius 1 is 1.00 bits per heavy atom. The van der Waals surface area contributed by atoms with E-state index in [0.29, 0.717) is 29.9 Å². The number of ether oxygens (including phenoxy) is 1. The minimum Gasteiger partial charge on any atom is -0.496 e. The van der Waals surface area contributed by atoms with E-state index >= 15 is 0 Å². The van der Waals surface area contributed by atoms with Gasteiger partial charge in [-0.15, -0.1) is 0 Å². The van der Waals surface area contributed by atoms with Crippen molar-refractivity contribution in [3.8, 4) is 5.75 Å². The summed E-state index contributed by atoms with van der Waals surface area (Å²) in [4.78, 5) is 25.6. The number of rotatable bonds is 5. The molecule has 2 N–H and O–H groups in total. The highest BCUT2D eigenvalue weighted by atomic mass is 16.5. The lowest BCUT2D eigenvalue weighted by Crippen LogP contribution is -2.22. The van der Waals surface area contributed by atoms with Crippen molar-refractivity contribution in [2.45, 2.75) is 40.0 Å². The van der Waals surface area contributed by atoms with Crippen LogP contribution >= 0.6 is 0 Å². The van der Waals surface area contributed by atoms with Gasteiger partial charge in [-0.1, -0.05) is 18.2 Å². The molecule has 0 spiro atoms. The molecule has 1 aliphatic rings. The van der Waals surface area contributed by atoms with Crippen molar-refractivity contribution < 1.29 is 18.7 Å². The van der Waals surface area contributed by atoms with E-state index in [0.717, 1.165) is 40.1 Å².